The Bertz CT molecular complexity index is 1030. The number of anilines is 2. The average Bonchev–Trinajstić information content (AvgIpc) is 2.72. The van der Waals surface area contributed by atoms with Gasteiger partial charge in [-0.25, -0.2) is 8.42 Å². The molecule has 2 rings (SSSR count). The summed E-state index contributed by atoms with van der Waals surface area (Å²) in [7, 11) is 0.576. The molecule has 1 amide bonds. The van der Waals surface area contributed by atoms with Gasteiger partial charge in [-0.1, -0.05) is 12.1 Å². The zero-order valence-corrected chi connectivity index (χ0v) is 17.8. The van der Waals surface area contributed by atoms with E-state index in [1.165, 1.54) is 47.2 Å². The van der Waals surface area contributed by atoms with Gasteiger partial charge in [0.05, 0.1) is 31.2 Å². The van der Waals surface area contributed by atoms with Crippen LogP contribution in [0.15, 0.2) is 36.4 Å². The van der Waals surface area contributed by atoms with Gasteiger partial charge in [0.2, 0.25) is 10.0 Å². The molecule has 0 bridgehead atoms. The maximum absolute atomic E-state index is 13.0. The van der Waals surface area contributed by atoms with Crippen molar-refractivity contribution in [1.29, 1.82) is 0 Å². The number of rotatable bonds is 8. The van der Waals surface area contributed by atoms with Crippen molar-refractivity contribution >= 4 is 33.1 Å². The highest BCUT2D eigenvalue weighted by Gasteiger charge is 2.25. The lowest BCUT2D eigenvalue weighted by molar-refractivity contribution is 0.101. The first kappa shape index (κ1) is 22.2. The molecule has 0 unspecified atom stereocenters. The molecule has 9 heteroatoms. The Morgan fingerprint density at radius 1 is 1.07 bits per heavy atom. The molecule has 0 spiro atoms. The first-order valence-corrected chi connectivity index (χ1v) is 10.4. The molecule has 0 aromatic heterocycles. The van der Waals surface area contributed by atoms with Crippen molar-refractivity contribution in [2.45, 2.75) is 13.8 Å². The van der Waals surface area contributed by atoms with Gasteiger partial charge in [-0.15, -0.1) is 0 Å². The molecule has 29 heavy (non-hydrogen) atoms. The number of carbonyl (C=O) groups is 2. The molecule has 0 aliphatic rings. The maximum Gasteiger partial charge on any atom is 0.257 e. The van der Waals surface area contributed by atoms with Crippen molar-refractivity contribution in [2.75, 3.05) is 36.6 Å². The first-order valence-electron chi connectivity index (χ1n) is 8.79. The van der Waals surface area contributed by atoms with Crippen LogP contribution < -0.4 is 19.1 Å². The van der Waals surface area contributed by atoms with E-state index in [4.69, 9.17) is 9.47 Å². The van der Waals surface area contributed by atoms with Crippen LogP contribution >= 0.6 is 0 Å². The smallest absolute Gasteiger partial charge is 0.257 e. The number of nitrogens with zero attached hydrogens (tertiary/aromatic N) is 1. The van der Waals surface area contributed by atoms with Crippen LogP contribution in [0.2, 0.25) is 0 Å². The molecule has 156 valence electrons. The summed E-state index contributed by atoms with van der Waals surface area (Å²) < 4.78 is 36.3. The number of sulfonamides is 1. The Morgan fingerprint density at radius 3 is 2.24 bits per heavy atom. The zero-order valence-electron chi connectivity index (χ0n) is 17.0. The van der Waals surface area contributed by atoms with E-state index in [1.807, 2.05) is 0 Å². The monoisotopic (exact) mass is 420 g/mol. The van der Waals surface area contributed by atoms with Gasteiger partial charge in [-0.3, -0.25) is 13.9 Å². The van der Waals surface area contributed by atoms with E-state index >= 15 is 0 Å². The molecule has 0 fully saturated rings. The average molecular weight is 420 g/mol. The maximum atomic E-state index is 13.0. The van der Waals surface area contributed by atoms with Gasteiger partial charge in [-0.2, -0.15) is 0 Å². The summed E-state index contributed by atoms with van der Waals surface area (Å²) in [5, 5.41) is 2.70. The number of ketones is 1. The predicted molar refractivity (Wildman–Crippen MR) is 112 cm³/mol. The molecule has 0 heterocycles. The van der Waals surface area contributed by atoms with Crippen LogP contribution in [-0.4, -0.2) is 47.1 Å². The van der Waals surface area contributed by atoms with Gasteiger partial charge in [0.25, 0.3) is 5.91 Å². The minimum absolute atomic E-state index is 0.0791. The van der Waals surface area contributed by atoms with Crippen LogP contribution in [-0.2, 0) is 10.0 Å². The lowest BCUT2D eigenvalue weighted by Gasteiger charge is -2.23. The van der Waals surface area contributed by atoms with Crippen LogP contribution in [0.1, 0.15) is 34.6 Å². The highest BCUT2D eigenvalue weighted by Crippen LogP contribution is 2.36. The van der Waals surface area contributed by atoms with Gasteiger partial charge in [0.15, 0.2) is 17.3 Å². The second-order valence-corrected chi connectivity index (χ2v) is 8.47. The predicted octanol–water partition coefficient (Wildman–Crippen LogP) is 2.94. The summed E-state index contributed by atoms with van der Waals surface area (Å²) in [4.78, 5) is 24.6. The summed E-state index contributed by atoms with van der Waals surface area (Å²) in [6, 6.07) is 9.33. The number of methoxy groups -OCH3 is 2. The number of hydrogen-bond acceptors (Lipinski definition) is 6. The molecular formula is C20H24N2O6S. The van der Waals surface area contributed by atoms with Crippen LogP contribution in [0.3, 0.4) is 0 Å². The van der Waals surface area contributed by atoms with E-state index in [-0.39, 0.29) is 34.3 Å². The Balaban J connectivity index is 2.55. The fraction of sp³-hybridized carbons (Fsp3) is 0.300. The van der Waals surface area contributed by atoms with Crippen molar-refractivity contribution in [3.05, 3.63) is 47.5 Å². The minimum Gasteiger partial charge on any atom is -0.493 e. The Labute approximate surface area is 170 Å². The van der Waals surface area contributed by atoms with E-state index in [0.29, 0.717) is 11.3 Å². The van der Waals surface area contributed by atoms with Crippen LogP contribution in [0, 0.1) is 0 Å². The highest BCUT2D eigenvalue weighted by molar-refractivity contribution is 7.92. The Morgan fingerprint density at radius 2 is 1.69 bits per heavy atom. The molecule has 0 saturated carbocycles. The van der Waals surface area contributed by atoms with Gasteiger partial charge >= 0.3 is 0 Å². The third-order valence-corrected chi connectivity index (χ3v) is 6.16. The first-order chi connectivity index (χ1) is 13.6. The Kier molecular flexibility index (Phi) is 6.86. The molecule has 0 aliphatic heterocycles. The normalized spacial score (nSPS) is 10.9. The van der Waals surface area contributed by atoms with Crippen molar-refractivity contribution in [2.24, 2.45) is 0 Å². The summed E-state index contributed by atoms with van der Waals surface area (Å²) in [5.74, 6) is -0.266. The van der Waals surface area contributed by atoms with Gasteiger partial charge in [-0.05, 0) is 32.0 Å². The molecule has 0 atom stereocenters. The molecule has 1 N–H and O–H groups in total. The number of hydrogen-bond donors (Lipinski definition) is 1. The van der Waals surface area contributed by atoms with Crippen molar-refractivity contribution < 1.29 is 27.5 Å². The van der Waals surface area contributed by atoms with E-state index in [9.17, 15) is 18.0 Å². The SMILES string of the molecule is CCS(=O)(=O)N(C)c1cc(OC)c(OC)cc1C(=O)Nc1cccc(C(C)=O)c1. The van der Waals surface area contributed by atoms with Crippen molar-refractivity contribution in [3.8, 4) is 11.5 Å². The van der Waals surface area contributed by atoms with Gasteiger partial charge in [0, 0.05) is 24.4 Å². The van der Waals surface area contributed by atoms with Crippen LogP contribution in [0.25, 0.3) is 0 Å². The molecule has 2 aromatic rings. The summed E-state index contributed by atoms with van der Waals surface area (Å²) in [6.45, 7) is 2.94. The lowest BCUT2D eigenvalue weighted by atomic mass is 10.1. The number of Topliss-reactive ketones (excluding diaryl/α,β-unsaturated/α-hetero) is 1. The van der Waals surface area contributed by atoms with Crippen LogP contribution in [0.5, 0.6) is 11.5 Å². The number of ether oxygens (including phenoxy) is 2. The van der Waals surface area contributed by atoms with Gasteiger partial charge < -0.3 is 14.8 Å². The number of nitrogens with one attached hydrogen (secondary N) is 1. The quantitative estimate of drug-likeness (QED) is 0.659. The van der Waals surface area contributed by atoms with Gasteiger partial charge in [0.1, 0.15) is 0 Å². The van der Waals surface area contributed by atoms with E-state index in [0.717, 1.165) is 4.31 Å². The summed E-state index contributed by atoms with van der Waals surface area (Å²) >= 11 is 0. The number of benzene rings is 2. The second-order valence-electron chi connectivity index (χ2n) is 6.18. The largest absolute Gasteiger partial charge is 0.493 e. The minimum atomic E-state index is -3.63. The third kappa shape index (κ3) is 4.86. The molecule has 2 aromatic carbocycles. The molecule has 0 radical (unpaired) electrons. The van der Waals surface area contributed by atoms with Crippen LogP contribution in [0.4, 0.5) is 11.4 Å². The fourth-order valence-corrected chi connectivity index (χ4v) is 3.51. The lowest BCUT2D eigenvalue weighted by Crippen LogP contribution is -2.30. The summed E-state index contributed by atoms with van der Waals surface area (Å²) in [6.07, 6.45) is 0. The molecule has 0 aliphatic carbocycles. The highest BCUT2D eigenvalue weighted by atomic mass is 32.2. The summed E-state index contributed by atoms with van der Waals surface area (Å²) in [5.41, 5.74) is 1.07. The van der Waals surface area contributed by atoms with E-state index < -0.39 is 15.9 Å². The van der Waals surface area contributed by atoms with E-state index in [2.05, 4.69) is 5.32 Å². The van der Waals surface area contributed by atoms with Crippen molar-refractivity contribution in [1.82, 2.24) is 0 Å². The van der Waals surface area contributed by atoms with E-state index in [1.54, 1.807) is 24.3 Å². The molecule has 0 saturated heterocycles. The fourth-order valence-electron chi connectivity index (χ4n) is 2.67. The number of amides is 1. The second kappa shape index (κ2) is 8.95. The number of carbonyl (C=O) groups excluding carboxylic acids is 2. The third-order valence-electron chi connectivity index (χ3n) is 4.39. The zero-order chi connectivity index (χ0) is 21.8. The topological polar surface area (TPSA) is 102 Å². The molecular weight excluding hydrogens is 396 g/mol. The van der Waals surface area contributed by atoms with Crippen molar-refractivity contribution in [3.63, 3.8) is 0 Å². The standard InChI is InChI=1S/C20H24N2O6S/c1-6-29(25,26)22(3)17-12-19(28-5)18(27-4)11-16(17)20(24)21-15-9-7-8-14(10-15)13(2)23/h7-12H,6H2,1-5H3,(H,21,24). The Hall–Kier alpha value is -3.07. The molecule has 8 nitrogen and oxygen atoms in total.